The number of nitrogens with one attached hydrogen (secondary N) is 2. The SMILES string of the molecule is COC(=O)C1=CC=C(N2CC3CNC24C(=O)NC(N)=NC4=N3)CC1. The van der Waals surface area contributed by atoms with E-state index >= 15 is 0 Å². The molecule has 0 aromatic carbocycles. The summed E-state index contributed by atoms with van der Waals surface area (Å²) in [5.74, 6) is -0.147. The van der Waals surface area contributed by atoms with Crippen molar-refractivity contribution in [1.82, 2.24) is 15.5 Å². The second-order valence-corrected chi connectivity index (χ2v) is 6.10. The molecule has 4 N–H and O–H groups in total. The van der Waals surface area contributed by atoms with Gasteiger partial charge in [0.15, 0.2) is 5.84 Å². The lowest BCUT2D eigenvalue weighted by Gasteiger charge is -2.54. The third kappa shape index (κ3) is 1.97. The molecule has 1 saturated heterocycles. The first-order valence-electron chi connectivity index (χ1n) is 7.79. The van der Waals surface area contributed by atoms with Crippen LogP contribution in [0.15, 0.2) is 33.4 Å². The van der Waals surface area contributed by atoms with Crippen LogP contribution in [0.1, 0.15) is 12.8 Å². The third-order valence-corrected chi connectivity index (χ3v) is 4.74. The van der Waals surface area contributed by atoms with E-state index in [1.54, 1.807) is 6.08 Å². The van der Waals surface area contributed by atoms with Gasteiger partial charge in [0, 0.05) is 24.4 Å². The maximum Gasteiger partial charge on any atom is 0.333 e. The highest BCUT2D eigenvalue weighted by Gasteiger charge is 2.58. The number of methoxy groups -OCH3 is 1. The van der Waals surface area contributed by atoms with Crippen molar-refractivity contribution in [2.45, 2.75) is 24.5 Å². The van der Waals surface area contributed by atoms with Crippen LogP contribution in [0.3, 0.4) is 0 Å². The molecular formula is C15H18N6O3. The van der Waals surface area contributed by atoms with E-state index in [1.165, 1.54) is 7.11 Å². The Morgan fingerprint density at radius 1 is 1.46 bits per heavy atom. The molecule has 4 heterocycles. The minimum Gasteiger partial charge on any atom is -0.466 e. The van der Waals surface area contributed by atoms with Gasteiger partial charge in [0.25, 0.3) is 5.91 Å². The molecule has 0 saturated carbocycles. The van der Waals surface area contributed by atoms with Crippen molar-refractivity contribution in [2.24, 2.45) is 15.7 Å². The second-order valence-electron chi connectivity index (χ2n) is 6.10. The molecule has 24 heavy (non-hydrogen) atoms. The molecule has 9 nitrogen and oxygen atoms in total. The topological polar surface area (TPSA) is 121 Å². The first-order chi connectivity index (χ1) is 11.5. The Labute approximate surface area is 138 Å². The number of carbonyl (C=O) groups is 2. The Morgan fingerprint density at radius 3 is 3.00 bits per heavy atom. The number of carbonyl (C=O) groups excluding carboxylic acids is 2. The van der Waals surface area contributed by atoms with Crippen LogP contribution in [0.5, 0.6) is 0 Å². The van der Waals surface area contributed by atoms with E-state index in [4.69, 9.17) is 10.5 Å². The lowest BCUT2D eigenvalue weighted by atomic mass is 9.91. The number of aliphatic imine (C=N–C) groups is 2. The Morgan fingerprint density at radius 2 is 2.29 bits per heavy atom. The number of amides is 1. The largest absolute Gasteiger partial charge is 0.466 e. The van der Waals surface area contributed by atoms with Crippen LogP contribution < -0.4 is 16.4 Å². The smallest absolute Gasteiger partial charge is 0.333 e. The second kappa shape index (κ2) is 5.17. The van der Waals surface area contributed by atoms with Crippen molar-refractivity contribution < 1.29 is 14.3 Å². The summed E-state index contributed by atoms with van der Waals surface area (Å²) in [5, 5.41) is 5.85. The summed E-state index contributed by atoms with van der Waals surface area (Å²) in [6, 6.07) is 0.0104. The standard InChI is InChI=1S/C15H18N6O3/c1-24-11(22)8-2-4-10(5-3-8)21-7-9-6-17-15(21)12(18-9)19-14(16)20-13(15)23/h2,4,9,17H,3,5-7H2,1H3,(H3,16,18,19,20,23). The minimum absolute atomic E-state index is 0.0104. The van der Waals surface area contributed by atoms with Gasteiger partial charge < -0.3 is 15.4 Å². The van der Waals surface area contributed by atoms with Gasteiger partial charge in [-0.2, -0.15) is 4.99 Å². The molecule has 5 aliphatic rings. The first kappa shape index (κ1) is 14.9. The summed E-state index contributed by atoms with van der Waals surface area (Å²) < 4.78 is 4.76. The van der Waals surface area contributed by atoms with Gasteiger partial charge in [-0.3, -0.25) is 20.4 Å². The molecule has 0 aromatic heterocycles. The van der Waals surface area contributed by atoms with Gasteiger partial charge in [-0.25, -0.2) is 4.79 Å². The molecular weight excluding hydrogens is 312 g/mol. The van der Waals surface area contributed by atoms with Gasteiger partial charge in [-0.1, -0.05) is 6.08 Å². The number of nitrogens with two attached hydrogens (primary N) is 1. The van der Waals surface area contributed by atoms with E-state index in [0.717, 1.165) is 5.70 Å². The van der Waals surface area contributed by atoms with Gasteiger partial charge >= 0.3 is 5.97 Å². The van der Waals surface area contributed by atoms with Crippen molar-refractivity contribution in [2.75, 3.05) is 20.2 Å². The molecule has 1 amide bonds. The highest BCUT2D eigenvalue weighted by molar-refractivity contribution is 6.23. The Bertz CT molecular complexity index is 752. The predicted molar refractivity (Wildman–Crippen MR) is 85.8 cm³/mol. The van der Waals surface area contributed by atoms with Gasteiger partial charge in [0.2, 0.25) is 11.6 Å². The molecule has 4 aliphatic heterocycles. The summed E-state index contributed by atoms with van der Waals surface area (Å²) in [6.45, 7) is 1.23. The molecule has 1 fully saturated rings. The lowest BCUT2D eigenvalue weighted by molar-refractivity contribution is -0.136. The maximum atomic E-state index is 12.7. The minimum atomic E-state index is -1.12. The molecule has 2 unspecified atom stereocenters. The Balaban J connectivity index is 1.72. The fourth-order valence-electron chi connectivity index (χ4n) is 3.57. The highest BCUT2D eigenvalue weighted by atomic mass is 16.5. The van der Waals surface area contributed by atoms with Crippen LogP contribution in [0.4, 0.5) is 0 Å². The average molecular weight is 330 g/mol. The first-order valence-corrected chi connectivity index (χ1v) is 7.79. The Hall–Kier alpha value is -2.68. The van der Waals surface area contributed by atoms with E-state index < -0.39 is 5.66 Å². The average Bonchev–Trinajstić information content (AvgIpc) is 2.60. The number of fused-ring (bicyclic) bond motifs is 2. The number of rotatable bonds is 2. The van der Waals surface area contributed by atoms with E-state index in [1.807, 2.05) is 11.0 Å². The lowest BCUT2D eigenvalue weighted by Crippen LogP contribution is -2.80. The molecule has 1 aliphatic carbocycles. The van der Waals surface area contributed by atoms with Gasteiger partial charge in [-0.15, -0.1) is 0 Å². The number of amidine groups is 1. The summed E-state index contributed by atoms with van der Waals surface area (Å²) >= 11 is 0. The van der Waals surface area contributed by atoms with Crippen molar-refractivity contribution in [3.63, 3.8) is 0 Å². The number of ether oxygens (including phenoxy) is 1. The maximum absolute atomic E-state index is 12.7. The highest BCUT2D eigenvalue weighted by Crippen LogP contribution is 2.35. The zero-order chi connectivity index (χ0) is 16.9. The zero-order valence-corrected chi connectivity index (χ0v) is 13.2. The molecule has 1 spiro atoms. The van der Waals surface area contributed by atoms with Crippen molar-refractivity contribution in [1.29, 1.82) is 0 Å². The van der Waals surface area contributed by atoms with Gasteiger partial charge in [-0.05, 0) is 18.9 Å². The molecule has 2 bridgehead atoms. The van der Waals surface area contributed by atoms with Crippen LogP contribution in [0.2, 0.25) is 0 Å². The summed E-state index contributed by atoms with van der Waals surface area (Å²) in [5.41, 5.74) is 6.12. The molecule has 0 radical (unpaired) electrons. The predicted octanol–water partition coefficient (Wildman–Crippen LogP) is -1.41. The number of hydrogen-bond donors (Lipinski definition) is 3. The number of allylic oxidation sites excluding steroid dienone is 3. The third-order valence-electron chi connectivity index (χ3n) is 4.74. The van der Waals surface area contributed by atoms with Gasteiger partial charge in [0.05, 0.1) is 13.2 Å². The Kier molecular flexibility index (Phi) is 3.20. The number of nitrogens with zero attached hydrogens (tertiary/aromatic N) is 3. The zero-order valence-electron chi connectivity index (χ0n) is 13.2. The van der Waals surface area contributed by atoms with E-state index in [2.05, 4.69) is 20.6 Å². The van der Waals surface area contributed by atoms with Crippen LogP contribution in [0.25, 0.3) is 0 Å². The molecule has 5 rings (SSSR count). The molecule has 9 heteroatoms. The van der Waals surface area contributed by atoms with Crippen molar-refractivity contribution in [3.05, 3.63) is 23.4 Å². The van der Waals surface area contributed by atoms with E-state index in [-0.39, 0.29) is 23.9 Å². The van der Waals surface area contributed by atoms with E-state index in [0.29, 0.717) is 37.3 Å². The summed E-state index contributed by atoms with van der Waals surface area (Å²) in [6.07, 6.45) is 4.81. The van der Waals surface area contributed by atoms with E-state index in [9.17, 15) is 9.59 Å². The molecule has 2 atom stereocenters. The molecule has 0 aromatic rings. The quantitative estimate of drug-likeness (QED) is 0.535. The molecule has 126 valence electrons. The summed E-state index contributed by atoms with van der Waals surface area (Å²) in [7, 11) is 1.37. The number of guanidine groups is 1. The monoisotopic (exact) mass is 330 g/mol. The summed E-state index contributed by atoms with van der Waals surface area (Å²) in [4.78, 5) is 35.1. The number of esters is 1. The van der Waals surface area contributed by atoms with Crippen LogP contribution >= 0.6 is 0 Å². The van der Waals surface area contributed by atoms with Crippen molar-refractivity contribution in [3.8, 4) is 0 Å². The number of hydrogen-bond acceptors (Lipinski definition) is 8. The van der Waals surface area contributed by atoms with Gasteiger partial charge in [0.1, 0.15) is 0 Å². The fourth-order valence-corrected chi connectivity index (χ4v) is 3.57. The van der Waals surface area contributed by atoms with Crippen molar-refractivity contribution >= 4 is 23.7 Å². The van der Waals surface area contributed by atoms with Crippen LogP contribution in [0, 0.1) is 0 Å². The van der Waals surface area contributed by atoms with Crippen LogP contribution in [-0.4, -0.2) is 60.5 Å². The fraction of sp³-hybridized carbons (Fsp3) is 0.467. The van der Waals surface area contributed by atoms with Crippen LogP contribution in [-0.2, 0) is 14.3 Å². The normalized spacial score (nSPS) is 31.3.